The molecule has 94 valence electrons. The monoisotopic (exact) mass is 325 g/mol. The van der Waals surface area contributed by atoms with Crippen molar-refractivity contribution in [1.29, 1.82) is 0 Å². The van der Waals surface area contributed by atoms with E-state index in [0.717, 1.165) is 15.7 Å². The summed E-state index contributed by atoms with van der Waals surface area (Å²) in [6.45, 7) is 1.97. The van der Waals surface area contributed by atoms with Crippen molar-refractivity contribution in [3.63, 3.8) is 0 Å². The number of anilines is 2. The van der Waals surface area contributed by atoms with E-state index in [0.29, 0.717) is 10.8 Å². The molecule has 0 radical (unpaired) electrons. The zero-order chi connectivity index (χ0) is 13.1. The molecule has 2 rings (SSSR count). The van der Waals surface area contributed by atoms with Gasteiger partial charge in [-0.15, -0.1) is 11.3 Å². The molecule has 0 aliphatic rings. The molecule has 0 atom stereocenters. The number of nitrogens with one attached hydrogen (secondary N) is 1. The number of hydrogen-bond donors (Lipinski definition) is 2. The van der Waals surface area contributed by atoms with Crippen LogP contribution in [0.2, 0.25) is 0 Å². The van der Waals surface area contributed by atoms with Gasteiger partial charge in [-0.1, -0.05) is 15.9 Å². The Morgan fingerprint density at radius 2 is 2.28 bits per heavy atom. The van der Waals surface area contributed by atoms with Crippen molar-refractivity contribution in [3.05, 3.63) is 39.3 Å². The van der Waals surface area contributed by atoms with Crippen LogP contribution in [-0.2, 0) is 11.2 Å². The zero-order valence-electron chi connectivity index (χ0n) is 9.74. The van der Waals surface area contributed by atoms with Crippen LogP contribution < -0.4 is 11.1 Å². The number of benzene rings is 1. The molecule has 18 heavy (non-hydrogen) atoms. The summed E-state index contributed by atoms with van der Waals surface area (Å²) >= 11 is 4.73. The van der Waals surface area contributed by atoms with Gasteiger partial charge in [0.1, 0.15) is 0 Å². The third kappa shape index (κ3) is 3.54. The van der Waals surface area contributed by atoms with Gasteiger partial charge in [-0.05, 0) is 30.7 Å². The number of carbonyl (C=O) groups excluding carboxylic acids is 1. The standard InChI is InChI=1S/C12H12BrN3OS/c1-7-2-8(13)4-9(3-7)15-11(17)5-10-6-18-12(14)16-10/h2-4,6H,5H2,1H3,(H2,14,16)(H,15,17). The Morgan fingerprint density at radius 1 is 1.50 bits per heavy atom. The van der Waals surface area contributed by atoms with E-state index in [4.69, 9.17) is 5.73 Å². The van der Waals surface area contributed by atoms with Gasteiger partial charge < -0.3 is 11.1 Å². The van der Waals surface area contributed by atoms with Crippen molar-refractivity contribution in [2.24, 2.45) is 0 Å². The lowest BCUT2D eigenvalue weighted by Crippen LogP contribution is -2.14. The first-order valence-corrected chi connectivity index (χ1v) is 6.97. The molecule has 0 aliphatic heterocycles. The van der Waals surface area contributed by atoms with Gasteiger partial charge in [0, 0.05) is 15.5 Å². The van der Waals surface area contributed by atoms with Gasteiger partial charge in [-0.25, -0.2) is 4.98 Å². The largest absolute Gasteiger partial charge is 0.375 e. The molecular formula is C12H12BrN3OS. The second-order valence-electron chi connectivity index (χ2n) is 3.92. The van der Waals surface area contributed by atoms with E-state index in [1.54, 1.807) is 5.38 Å². The van der Waals surface area contributed by atoms with E-state index < -0.39 is 0 Å². The number of thiazole rings is 1. The molecular weight excluding hydrogens is 314 g/mol. The summed E-state index contributed by atoms with van der Waals surface area (Å²) in [7, 11) is 0. The van der Waals surface area contributed by atoms with Crippen molar-refractivity contribution in [2.45, 2.75) is 13.3 Å². The summed E-state index contributed by atoms with van der Waals surface area (Å²) in [5.74, 6) is -0.0993. The summed E-state index contributed by atoms with van der Waals surface area (Å²) in [6.07, 6.45) is 0.235. The fraction of sp³-hybridized carbons (Fsp3) is 0.167. The van der Waals surface area contributed by atoms with Crippen LogP contribution in [0, 0.1) is 6.92 Å². The summed E-state index contributed by atoms with van der Waals surface area (Å²) in [5.41, 5.74) is 8.07. The SMILES string of the molecule is Cc1cc(Br)cc(NC(=O)Cc2csc(N)n2)c1. The van der Waals surface area contributed by atoms with Crippen molar-refractivity contribution < 1.29 is 4.79 Å². The maximum Gasteiger partial charge on any atom is 0.230 e. The van der Waals surface area contributed by atoms with Crippen LogP contribution in [0.5, 0.6) is 0 Å². The lowest BCUT2D eigenvalue weighted by Gasteiger charge is -2.06. The summed E-state index contributed by atoms with van der Waals surface area (Å²) in [4.78, 5) is 15.9. The maximum atomic E-state index is 11.8. The molecule has 1 aromatic heterocycles. The van der Waals surface area contributed by atoms with Gasteiger partial charge in [0.05, 0.1) is 12.1 Å². The minimum Gasteiger partial charge on any atom is -0.375 e. The summed E-state index contributed by atoms with van der Waals surface area (Å²) in [6, 6.07) is 5.76. The number of aryl methyl sites for hydroxylation is 1. The highest BCUT2D eigenvalue weighted by Gasteiger charge is 2.07. The molecule has 2 aromatic rings. The van der Waals surface area contributed by atoms with Crippen LogP contribution in [0.15, 0.2) is 28.1 Å². The second kappa shape index (κ2) is 5.49. The number of nitrogen functional groups attached to an aromatic ring is 1. The van der Waals surface area contributed by atoms with Crippen molar-refractivity contribution in [1.82, 2.24) is 4.98 Å². The molecule has 4 nitrogen and oxygen atoms in total. The number of halogens is 1. The fourth-order valence-electron chi connectivity index (χ4n) is 1.58. The number of hydrogen-bond acceptors (Lipinski definition) is 4. The van der Waals surface area contributed by atoms with Gasteiger partial charge in [0.25, 0.3) is 0 Å². The number of carbonyl (C=O) groups is 1. The molecule has 3 N–H and O–H groups in total. The Kier molecular flexibility index (Phi) is 3.98. The smallest absolute Gasteiger partial charge is 0.230 e. The van der Waals surface area contributed by atoms with E-state index in [-0.39, 0.29) is 12.3 Å². The molecule has 0 spiro atoms. The molecule has 1 heterocycles. The molecule has 0 aliphatic carbocycles. The first-order valence-electron chi connectivity index (χ1n) is 5.30. The molecule has 0 saturated carbocycles. The molecule has 1 amide bonds. The predicted octanol–water partition coefficient (Wildman–Crippen LogP) is 2.98. The van der Waals surface area contributed by atoms with Gasteiger partial charge in [0.2, 0.25) is 5.91 Å². The number of aromatic nitrogens is 1. The van der Waals surface area contributed by atoms with E-state index in [1.165, 1.54) is 11.3 Å². The third-order valence-electron chi connectivity index (χ3n) is 2.24. The maximum absolute atomic E-state index is 11.8. The summed E-state index contributed by atoms with van der Waals surface area (Å²) < 4.78 is 0.940. The molecule has 0 saturated heterocycles. The highest BCUT2D eigenvalue weighted by molar-refractivity contribution is 9.10. The van der Waals surface area contributed by atoms with Crippen LogP contribution in [0.4, 0.5) is 10.8 Å². The van der Waals surface area contributed by atoms with Crippen LogP contribution in [0.25, 0.3) is 0 Å². The quantitative estimate of drug-likeness (QED) is 0.911. The van der Waals surface area contributed by atoms with Gasteiger partial charge in [-0.2, -0.15) is 0 Å². The van der Waals surface area contributed by atoms with Crippen LogP contribution >= 0.6 is 27.3 Å². The number of nitrogens with two attached hydrogens (primary N) is 1. The van der Waals surface area contributed by atoms with E-state index in [9.17, 15) is 4.79 Å². The average Bonchev–Trinajstić information content (AvgIpc) is 2.61. The molecule has 6 heteroatoms. The lowest BCUT2D eigenvalue weighted by atomic mass is 10.2. The van der Waals surface area contributed by atoms with Crippen molar-refractivity contribution in [3.8, 4) is 0 Å². The third-order valence-corrected chi connectivity index (χ3v) is 3.42. The number of amides is 1. The van der Waals surface area contributed by atoms with Gasteiger partial charge in [-0.3, -0.25) is 4.79 Å². The minimum absolute atomic E-state index is 0.0993. The Bertz CT molecular complexity index is 562. The van der Waals surface area contributed by atoms with E-state index >= 15 is 0 Å². The van der Waals surface area contributed by atoms with Gasteiger partial charge in [0.15, 0.2) is 5.13 Å². The van der Waals surface area contributed by atoms with E-state index in [2.05, 4.69) is 26.2 Å². The van der Waals surface area contributed by atoms with E-state index in [1.807, 2.05) is 25.1 Å². The molecule has 1 aromatic carbocycles. The first kappa shape index (κ1) is 13.0. The first-order chi connectivity index (χ1) is 8.52. The van der Waals surface area contributed by atoms with Crippen LogP contribution in [0.1, 0.15) is 11.3 Å². The minimum atomic E-state index is -0.0993. The molecule has 0 unspecified atom stereocenters. The number of rotatable bonds is 3. The Hall–Kier alpha value is -1.40. The van der Waals surface area contributed by atoms with Crippen molar-refractivity contribution in [2.75, 3.05) is 11.1 Å². The second-order valence-corrected chi connectivity index (χ2v) is 5.72. The fourth-order valence-corrected chi connectivity index (χ4v) is 2.75. The molecule has 0 fully saturated rings. The normalized spacial score (nSPS) is 10.3. The zero-order valence-corrected chi connectivity index (χ0v) is 12.1. The Labute approximate surface area is 117 Å². The highest BCUT2D eigenvalue weighted by Crippen LogP contribution is 2.19. The topological polar surface area (TPSA) is 68.0 Å². The Morgan fingerprint density at radius 3 is 2.89 bits per heavy atom. The summed E-state index contributed by atoms with van der Waals surface area (Å²) in [5, 5.41) is 5.11. The highest BCUT2D eigenvalue weighted by atomic mass is 79.9. The Balaban J connectivity index is 2.02. The average molecular weight is 326 g/mol. The predicted molar refractivity (Wildman–Crippen MR) is 77.7 cm³/mol. The van der Waals surface area contributed by atoms with Crippen LogP contribution in [-0.4, -0.2) is 10.9 Å². The molecule has 0 bridgehead atoms. The van der Waals surface area contributed by atoms with Crippen LogP contribution in [0.3, 0.4) is 0 Å². The van der Waals surface area contributed by atoms with Gasteiger partial charge >= 0.3 is 0 Å². The number of nitrogens with zero attached hydrogens (tertiary/aromatic N) is 1. The lowest BCUT2D eigenvalue weighted by molar-refractivity contribution is -0.115. The van der Waals surface area contributed by atoms with Crippen molar-refractivity contribution >= 4 is 44.0 Å².